The van der Waals surface area contributed by atoms with E-state index in [2.05, 4.69) is 5.32 Å². The van der Waals surface area contributed by atoms with E-state index in [9.17, 15) is 4.21 Å². The number of hydrogen-bond acceptors (Lipinski definition) is 4. The van der Waals surface area contributed by atoms with Crippen LogP contribution < -0.4 is 14.8 Å². The summed E-state index contributed by atoms with van der Waals surface area (Å²) in [7, 11) is 0.934. The van der Waals surface area contributed by atoms with E-state index >= 15 is 0 Å². The van der Waals surface area contributed by atoms with Gasteiger partial charge in [0.2, 0.25) is 0 Å². The molecule has 1 N–H and O–H groups in total. The molecule has 0 saturated carbocycles. The monoisotopic (exact) mass is 285 g/mol. The second-order valence-corrected chi connectivity index (χ2v) is 5.89. The van der Waals surface area contributed by atoms with Crippen LogP contribution in [0, 0.1) is 0 Å². The van der Waals surface area contributed by atoms with Crippen molar-refractivity contribution in [2.45, 2.75) is 20.4 Å². The Morgan fingerprint density at radius 3 is 2.68 bits per heavy atom. The van der Waals surface area contributed by atoms with Gasteiger partial charge >= 0.3 is 0 Å². The van der Waals surface area contributed by atoms with Crippen molar-refractivity contribution in [3.05, 3.63) is 23.8 Å². The molecular weight excluding hydrogens is 262 g/mol. The van der Waals surface area contributed by atoms with E-state index in [1.165, 1.54) is 0 Å². The van der Waals surface area contributed by atoms with Crippen LogP contribution in [0.3, 0.4) is 0 Å². The van der Waals surface area contributed by atoms with Gasteiger partial charge in [-0.2, -0.15) is 0 Å². The summed E-state index contributed by atoms with van der Waals surface area (Å²) in [4.78, 5) is 0. The summed E-state index contributed by atoms with van der Waals surface area (Å²) < 4.78 is 22.0. The predicted octanol–water partition coefficient (Wildman–Crippen LogP) is 1.95. The van der Waals surface area contributed by atoms with Gasteiger partial charge in [-0.3, -0.25) is 4.21 Å². The minimum absolute atomic E-state index is 0.622. The molecule has 1 aromatic carbocycles. The van der Waals surface area contributed by atoms with Crippen molar-refractivity contribution in [2.75, 3.05) is 31.8 Å². The SMILES string of the molecule is CCOc1ccc(CNCCS(=O)CC)cc1OC. The molecule has 0 saturated heterocycles. The molecule has 0 bridgehead atoms. The van der Waals surface area contributed by atoms with Gasteiger partial charge in [0.05, 0.1) is 13.7 Å². The maximum atomic E-state index is 11.3. The van der Waals surface area contributed by atoms with E-state index in [0.717, 1.165) is 35.9 Å². The molecule has 0 fully saturated rings. The summed E-state index contributed by atoms with van der Waals surface area (Å²) in [6.07, 6.45) is 0. The van der Waals surface area contributed by atoms with Crippen molar-refractivity contribution in [1.82, 2.24) is 5.32 Å². The Morgan fingerprint density at radius 1 is 1.26 bits per heavy atom. The van der Waals surface area contributed by atoms with Crippen LogP contribution in [-0.2, 0) is 17.3 Å². The van der Waals surface area contributed by atoms with Gasteiger partial charge in [-0.05, 0) is 24.6 Å². The van der Waals surface area contributed by atoms with Crippen molar-refractivity contribution < 1.29 is 13.7 Å². The van der Waals surface area contributed by atoms with E-state index in [1.54, 1.807) is 7.11 Å². The first-order chi connectivity index (χ1) is 9.21. The minimum atomic E-state index is -0.704. The summed E-state index contributed by atoms with van der Waals surface area (Å²) in [6.45, 7) is 6.01. The van der Waals surface area contributed by atoms with Crippen molar-refractivity contribution in [3.63, 3.8) is 0 Å². The van der Waals surface area contributed by atoms with Crippen molar-refractivity contribution in [3.8, 4) is 11.5 Å². The summed E-state index contributed by atoms with van der Waals surface area (Å²) in [5.41, 5.74) is 1.13. The number of benzene rings is 1. The Morgan fingerprint density at radius 2 is 2.05 bits per heavy atom. The number of rotatable bonds is 9. The standard InChI is InChI=1S/C14H23NO3S/c1-4-18-13-7-6-12(10-14(13)17-3)11-15-8-9-19(16)5-2/h6-7,10,15H,4-5,8-9,11H2,1-3H3. The zero-order valence-electron chi connectivity index (χ0n) is 11.9. The predicted molar refractivity (Wildman–Crippen MR) is 79.4 cm³/mol. The highest BCUT2D eigenvalue weighted by Gasteiger charge is 2.05. The van der Waals surface area contributed by atoms with Crippen LogP contribution in [0.1, 0.15) is 19.4 Å². The molecule has 1 aromatic rings. The number of nitrogens with one attached hydrogen (secondary N) is 1. The molecule has 0 spiro atoms. The first kappa shape index (κ1) is 16.0. The van der Waals surface area contributed by atoms with Crippen LogP contribution in [0.15, 0.2) is 18.2 Å². The first-order valence-electron chi connectivity index (χ1n) is 6.56. The van der Waals surface area contributed by atoms with E-state index in [-0.39, 0.29) is 0 Å². The molecule has 0 aliphatic carbocycles. The Labute approximate surface area is 118 Å². The van der Waals surface area contributed by atoms with Crippen LogP contribution in [0.5, 0.6) is 11.5 Å². The summed E-state index contributed by atoms with van der Waals surface area (Å²) in [6, 6.07) is 5.90. The second kappa shape index (κ2) is 8.93. The fourth-order valence-corrected chi connectivity index (χ4v) is 2.32. The zero-order chi connectivity index (χ0) is 14.1. The molecule has 0 aliphatic heterocycles. The Balaban J connectivity index is 2.48. The molecule has 0 radical (unpaired) electrons. The Bertz CT molecular complexity index is 410. The Kier molecular flexibility index (Phi) is 7.52. The van der Waals surface area contributed by atoms with Crippen LogP contribution >= 0.6 is 0 Å². The Hall–Kier alpha value is -1.07. The number of hydrogen-bond donors (Lipinski definition) is 1. The lowest BCUT2D eigenvalue weighted by molar-refractivity contribution is 0.310. The lowest BCUT2D eigenvalue weighted by Gasteiger charge is -2.11. The molecule has 1 atom stereocenters. The topological polar surface area (TPSA) is 47.6 Å². The van der Waals surface area contributed by atoms with Gasteiger partial charge in [-0.15, -0.1) is 0 Å². The zero-order valence-corrected chi connectivity index (χ0v) is 12.7. The summed E-state index contributed by atoms with van der Waals surface area (Å²) in [5.74, 6) is 2.93. The van der Waals surface area contributed by atoms with E-state index < -0.39 is 10.8 Å². The molecular formula is C14H23NO3S. The molecule has 5 heteroatoms. The van der Waals surface area contributed by atoms with Gasteiger partial charge in [-0.25, -0.2) is 0 Å². The molecule has 0 aromatic heterocycles. The van der Waals surface area contributed by atoms with Crippen LogP contribution in [0.2, 0.25) is 0 Å². The molecule has 4 nitrogen and oxygen atoms in total. The molecule has 0 aliphatic rings. The largest absolute Gasteiger partial charge is 0.493 e. The van der Waals surface area contributed by atoms with Gasteiger partial charge in [0.15, 0.2) is 11.5 Å². The van der Waals surface area contributed by atoms with Crippen molar-refractivity contribution in [2.24, 2.45) is 0 Å². The molecule has 19 heavy (non-hydrogen) atoms. The number of methoxy groups -OCH3 is 1. The third-order valence-electron chi connectivity index (χ3n) is 2.69. The van der Waals surface area contributed by atoms with Gasteiger partial charge < -0.3 is 14.8 Å². The summed E-state index contributed by atoms with van der Waals surface area (Å²) in [5, 5.41) is 3.28. The molecule has 0 amide bonds. The third kappa shape index (κ3) is 5.61. The lowest BCUT2D eigenvalue weighted by Crippen LogP contribution is -2.20. The van der Waals surface area contributed by atoms with Crippen molar-refractivity contribution in [1.29, 1.82) is 0 Å². The normalized spacial score (nSPS) is 12.2. The highest BCUT2D eigenvalue weighted by Crippen LogP contribution is 2.27. The average Bonchev–Trinajstić information content (AvgIpc) is 2.44. The van der Waals surface area contributed by atoms with Crippen LogP contribution in [0.25, 0.3) is 0 Å². The van der Waals surface area contributed by atoms with Crippen LogP contribution in [-0.4, -0.2) is 36.0 Å². The third-order valence-corrected chi connectivity index (χ3v) is 3.99. The second-order valence-electron chi connectivity index (χ2n) is 4.03. The smallest absolute Gasteiger partial charge is 0.161 e. The number of ether oxygens (including phenoxy) is 2. The fraction of sp³-hybridized carbons (Fsp3) is 0.571. The summed E-state index contributed by atoms with van der Waals surface area (Å²) >= 11 is 0. The quantitative estimate of drug-likeness (QED) is 0.705. The van der Waals surface area contributed by atoms with Crippen molar-refractivity contribution >= 4 is 10.8 Å². The average molecular weight is 285 g/mol. The molecule has 1 rings (SSSR count). The fourth-order valence-electron chi connectivity index (χ4n) is 1.66. The van der Waals surface area contributed by atoms with Gasteiger partial charge in [0.1, 0.15) is 0 Å². The lowest BCUT2D eigenvalue weighted by atomic mass is 10.2. The van der Waals surface area contributed by atoms with Gasteiger partial charge in [-0.1, -0.05) is 13.0 Å². The molecule has 0 heterocycles. The van der Waals surface area contributed by atoms with E-state index in [0.29, 0.717) is 12.4 Å². The van der Waals surface area contributed by atoms with Gasteiger partial charge in [0.25, 0.3) is 0 Å². The highest BCUT2D eigenvalue weighted by molar-refractivity contribution is 7.84. The molecule has 1 unspecified atom stereocenters. The maximum absolute atomic E-state index is 11.3. The first-order valence-corrected chi connectivity index (χ1v) is 8.05. The van der Waals surface area contributed by atoms with Crippen LogP contribution in [0.4, 0.5) is 0 Å². The molecule has 108 valence electrons. The minimum Gasteiger partial charge on any atom is -0.493 e. The maximum Gasteiger partial charge on any atom is 0.161 e. The van der Waals surface area contributed by atoms with Gasteiger partial charge in [0, 0.05) is 35.4 Å². The highest BCUT2D eigenvalue weighted by atomic mass is 32.2. The van der Waals surface area contributed by atoms with E-state index in [4.69, 9.17) is 9.47 Å². The van der Waals surface area contributed by atoms with E-state index in [1.807, 2.05) is 32.0 Å².